The van der Waals surface area contributed by atoms with Gasteiger partial charge in [-0.1, -0.05) is 6.92 Å². The summed E-state index contributed by atoms with van der Waals surface area (Å²) in [7, 11) is 0. The molecule has 3 aliphatic heterocycles. The molecular formula is C20H22N4O4S. The number of carbonyl (C=O) groups excluding carboxylic acids is 2. The number of nitrogens with one attached hydrogen (secondary N) is 1. The van der Waals surface area contributed by atoms with Crippen molar-refractivity contribution < 1.29 is 14.5 Å². The number of fused-ring (bicyclic) bond motifs is 4. The van der Waals surface area contributed by atoms with E-state index in [9.17, 15) is 19.7 Å². The number of nitro groups is 1. The van der Waals surface area contributed by atoms with E-state index < -0.39 is 10.3 Å². The number of hydrogen-bond donors (Lipinski definition) is 1. The third kappa shape index (κ3) is 2.59. The number of nitro benzene ring substituents is 1. The van der Waals surface area contributed by atoms with Crippen molar-refractivity contribution in [1.82, 2.24) is 10.2 Å². The third-order valence-corrected chi connectivity index (χ3v) is 7.14. The fraction of sp³-hybridized carbons (Fsp3) is 0.550. The normalized spacial score (nSPS) is 31.4. The molecule has 0 unspecified atom stereocenters. The Morgan fingerprint density at radius 1 is 1.28 bits per heavy atom. The van der Waals surface area contributed by atoms with Gasteiger partial charge in [0.05, 0.1) is 11.0 Å². The van der Waals surface area contributed by atoms with E-state index in [1.54, 1.807) is 11.0 Å². The van der Waals surface area contributed by atoms with Crippen LogP contribution in [0.25, 0.3) is 0 Å². The van der Waals surface area contributed by atoms with E-state index >= 15 is 0 Å². The lowest BCUT2D eigenvalue weighted by molar-refractivity contribution is -0.384. The Kier molecular flexibility index (Phi) is 3.96. The molecule has 29 heavy (non-hydrogen) atoms. The zero-order chi connectivity index (χ0) is 20.5. The van der Waals surface area contributed by atoms with E-state index in [1.807, 2.05) is 0 Å². The first-order valence-electron chi connectivity index (χ1n) is 10.1. The van der Waals surface area contributed by atoms with Gasteiger partial charge in [0.1, 0.15) is 0 Å². The molecule has 3 heterocycles. The van der Waals surface area contributed by atoms with E-state index in [4.69, 9.17) is 12.2 Å². The van der Waals surface area contributed by atoms with Crippen molar-refractivity contribution in [3.8, 4) is 0 Å². The fourth-order valence-electron chi connectivity index (χ4n) is 5.21. The lowest BCUT2D eigenvalue weighted by atomic mass is 9.65. The molecule has 2 amide bonds. The fourth-order valence-corrected chi connectivity index (χ4v) is 5.53. The standard InChI is InChI=1S/C20H22N4O4S/c1-11-6-7-22-15-5-4-14(24(27)28)9-12(15)10-20(16(22)8-11)17(25)21-19(29)23(18(20)26)13-2-3-13/h4-5,9,11,13,16H,2-3,6-8,10H2,1H3,(H,21,25,29)/t11-,16-,20+/m1/s1. The molecule has 0 radical (unpaired) electrons. The molecule has 152 valence electrons. The molecule has 5 rings (SSSR count). The van der Waals surface area contributed by atoms with Gasteiger partial charge in [-0.3, -0.25) is 24.6 Å². The van der Waals surface area contributed by atoms with Gasteiger partial charge in [0.2, 0.25) is 11.8 Å². The van der Waals surface area contributed by atoms with Crippen LogP contribution in [-0.2, 0) is 16.0 Å². The van der Waals surface area contributed by atoms with Gasteiger partial charge < -0.3 is 10.2 Å². The minimum absolute atomic E-state index is 0.0269. The zero-order valence-corrected chi connectivity index (χ0v) is 16.9. The highest BCUT2D eigenvalue weighted by Crippen LogP contribution is 2.50. The number of non-ortho nitro benzene ring substituents is 1. The van der Waals surface area contributed by atoms with Gasteiger partial charge in [0, 0.05) is 36.8 Å². The van der Waals surface area contributed by atoms with Crippen molar-refractivity contribution in [1.29, 1.82) is 0 Å². The maximum Gasteiger partial charge on any atom is 0.269 e. The van der Waals surface area contributed by atoms with Gasteiger partial charge in [-0.15, -0.1) is 0 Å². The van der Waals surface area contributed by atoms with Crippen LogP contribution < -0.4 is 10.2 Å². The van der Waals surface area contributed by atoms with Crippen LogP contribution in [0.4, 0.5) is 11.4 Å². The van der Waals surface area contributed by atoms with E-state index in [0.717, 1.165) is 31.4 Å². The lowest BCUT2D eigenvalue weighted by Gasteiger charge is -2.55. The van der Waals surface area contributed by atoms with Crippen molar-refractivity contribution in [3.05, 3.63) is 33.9 Å². The molecule has 2 saturated heterocycles. The molecule has 1 saturated carbocycles. The first kappa shape index (κ1) is 18.5. The highest BCUT2D eigenvalue weighted by molar-refractivity contribution is 7.80. The Bertz CT molecular complexity index is 962. The summed E-state index contributed by atoms with van der Waals surface area (Å²) in [5, 5.41) is 14.3. The monoisotopic (exact) mass is 414 g/mol. The van der Waals surface area contributed by atoms with E-state index in [2.05, 4.69) is 17.1 Å². The number of amides is 2. The van der Waals surface area contributed by atoms with Crippen molar-refractivity contribution in [2.45, 2.75) is 51.1 Å². The Balaban J connectivity index is 1.67. The van der Waals surface area contributed by atoms with Crippen molar-refractivity contribution in [3.63, 3.8) is 0 Å². The quantitative estimate of drug-likeness (QED) is 0.345. The zero-order valence-electron chi connectivity index (χ0n) is 16.1. The van der Waals surface area contributed by atoms with Crippen molar-refractivity contribution in [2.75, 3.05) is 11.4 Å². The van der Waals surface area contributed by atoms with Gasteiger partial charge in [0.25, 0.3) is 5.69 Å². The topological polar surface area (TPSA) is 95.8 Å². The van der Waals surface area contributed by atoms with E-state index in [-0.39, 0.29) is 41.1 Å². The van der Waals surface area contributed by atoms with Crippen LogP contribution >= 0.6 is 12.2 Å². The Hall–Kier alpha value is -2.55. The summed E-state index contributed by atoms with van der Waals surface area (Å²) in [5.41, 5.74) is 0.241. The predicted molar refractivity (Wildman–Crippen MR) is 109 cm³/mol. The minimum Gasteiger partial charge on any atom is -0.367 e. The predicted octanol–water partition coefficient (Wildman–Crippen LogP) is 2.15. The van der Waals surface area contributed by atoms with Gasteiger partial charge in [-0.2, -0.15) is 0 Å². The second kappa shape index (κ2) is 6.22. The molecule has 1 aromatic rings. The van der Waals surface area contributed by atoms with E-state index in [1.165, 1.54) is 12.1 Å². The molecule has 0 bridgehead atoms. The van der Waals surface area contributed by atoms with Gasteiger partial charge in [0.15, 0.2) is 10.5 Å². The summed E-state index contributed by atoms with van der Waals surface area (Å²) in [4.78, 5) is 41.8. The maximum atomic E-state index is 13.8. The van der Waals surface area contributed by atoms with Crippen LogP contribution in [0.2, 0.25) is 0 Å². The highest BCUT2D eigenvalue weighted by atomic mass is 32.1. The van der Waals surface area contributed by atoms with Crippen LogP contribution in [0, 0.1) is 21.4 Å². The number of carbonyl (C=O) groups is 2. The highest BCUT2D eigenvalue weighted by Gasteiger charge is 2.63. The maximum absolute atomic E-state index is 13.8. The first-order valence-corrected chi connectivity index (χ1v) is 10.5. The van der Waals surface area contributed by atoms with Crippen LogP contribution in [0.1, 0.15) is 38.2 Å². The molecular weight excluding hydrogens is 392 g/mol. The molecule has 4 aliphatic rings. The van der Waals surface area contributed by atoms with Crippen LogP contribution in [0.5, 0.6) is 0 Å². The second-order valence-corrected chi connectivity index (χ2v) is 9.11. The molecule has 1 spiro atoms. The van der Waals surface area contributed by atoms with Crippen LogP contribution in [0.3, 0.4) is 0 Å². The first-order chi connectivity index (χ1) is 13.8. The number of rotatable bonds is 2. The summed E-state index contributed by atoms with van der Waals surface area (Å²) in [6, 6.07) is 4.55. The Morgan fingerprint density at radius 3 is 2.72 bits per heavy atom. The Morgan fingerprint density at radius 2 is 2.03 bits per heavy atom. The molecule has 1 aliphatic carbocycles. The van der Waals surface area contributed by atoms with Gasteiger partial charge in [-0.05, 0) is 55.4 Å². The van der Waals surface area contributed by atoms with E-state index in [0.29, 0.717) is 18.0 Å². The summed E-state index contributed by atoms with van der Waals surface area (Å²) in [6.07, 6.45) is 3.59. The molecule has 1 aromatic carbocycles. The number of anilines is 1. The molecule has 1 N–H and O–H groups in total. The smallest absolute Gasteiger partial charge is 0.269 e. The molecule has 9 heteroatoms. The average Bonchev–Trinajstić information content (AvgIpc) is 3.50. The van der Waals surface area contributed by atoms with Gasteiger partial charge >= 0.3 is 0 Å². The van der Waals surface area contributed by atoms with Crippen LogP contribution in [0.15, 0.2) is 18.2 Å². The van der Waals surface area contributed by atoms with Crippen LogP contribution in [-0.4, -0.2) is 45.4 Å². The number of nitrogens with zero attached hydrogens (tertiary/aromatic N) is 3. The average molecular weight is 414 g/mol. The molecule has 3 fully saturated rings. The number of thiocarbonyl (C=S) groups is 1. The molecule has 8 nitrogen and oxygen atoms in total. The number of piperidine rings is 1. The second-order valence-electron chi connectivity index (χ2n) is 8.72. The molecule has 3 atom stereocenters. The largest absolute Gasteiger partial charge is 0.367 e. The SMILES string of the molecule is C[C@@H]1CCN2c3ccc([N+](=O)[O-])cc3C[C@@]3(C(=O)NC(=S)N(C4CC4)C3=O)[C@H]2C1. The number of hydrogen-bond acceptors (Lipinski definition) is 6. The summed E-state index contributed by atoms with van der Waals surface area (Å²) in [6.45, 7) is 2.86. The number of benzene rings is 1. The lowest BCUT2D eigenvalue weighted by Crippen LogP contribution is -2.73. The molecule has 0 aromatic heterocycles. The van der Waals surface area contributed by atoms with Crippen molar-refractivity contribution >= 4 is 40.5 Å². The Labute approximate surface area is 173 Å². The summed E-state index contributed by atoms with van der Waals surface area (Å²) < 4.78 is 0. The van der Waals surface area contributed by atoms with Crippen molar-refractivity contribution in [2.24, 2.45) is 11.3 Å². The van der Waals surface area contributed by atoms with Gasteiger partial charge in [-0.25, -0.2) is 0 Å². The summed E-state index contributed by atoms with van der Waals surface area (Å²) >= 11 is 5.32. The summed E-state index contributed by atoms with van der Waals surface area (Å²) in [5.74, 6) is -0.225. The minimum atomic E-state index is -1.30. The third-order valence-electron chi connectivity index (χ3n) is 6.84.